The lowest BCUT2D eigenvalue weighted by Gasteiger charge is -2.42. The molecule has 0 saturated heterocycles. The second-order valence-electron chi connectivity index (χ2n) is 10.5. The van der Waals surface area contributed by atoms with Gasteiger partial charge in [-0.3, -0.25) is 4.79 Å². The lowest BCUT2D eigenvalue weighted by atomic mass is 9.73. The Morgan fingerprint density at radius 3 is 2.56 bits per heavy atom. The number of aryl methyl sites for hydroxylation is 1. The molecule has 0 fully saturated rings. The van der Waals surface area contributed by atoms with Crippen molar-refractivity contribution in [3.8, 4) is 17.6 Å². The van der Waals surface area contributed by atoms with E-state index in [0.717, 1.165) is 36.1 Å². The van der Waals surface area contributed by atoms with E-state index in [1.807, 2.05) is 19.1 Å². The number of pyridine rings is 1. The summed E-state index contributed by atoms with van der Waals surface area (Å²) in [4.78, 5) is 16.1. The average Bonchev–Trinajstić information content (AvgIpc) is 2.75. The first-order chi connectivity index (χ1) is 16.1. The molecule has 4 nitrogen and oxygen atoms in total. The number of aromatic nitrogens is 1. The van der Waals surface area contributed by atoms with Crippen molar-refractivity contribution in [2.75, 3.05) is 6.61 Å². The third-order valence-corrected chi connectivity index (χ3v) is 6.29. The molecule has 1 aromatic heterocycles. The van der Waals surface area contributed by atoms with Crippen LogP contribution in [0.15, 0.2) is 30.5 Å². The predicted octanol–water partition coefficient (Wildman–Crippen LogP) is 6.55. The molecule has 0 saturated carbocycles. The molecule has 1 aliphatic heterocycles. The average molecular weight is 462 g/mol. The van der Waals surface area contributed by atoms with Crippen molar-refractivity contribution < 1.29 is 14.3 Å². The van der Waals surface area contributed by atoms with E-state index in [1.54, 1.807) is 6.20 Å². The largest absolute Gasteiger partial charge is 0.488 e. The van der Waals surface area contributed by atoms with E-state index in [4.69, 9.17) is 9.47 Å². The van der Waals surface area contributed by atoms with Crippen LogP contribution in [0.3, 0.4) is 0 Å². The van der Waals surface area contributed by atoms with Gasteiger partial charge < -0.3 is 9.47 Å². The van der Waals surface area contributed by atoms with Gasteiger partial charge >= 0.3 is 5.97 Å². The van der Waals surface area contributed by atoms with Gasteiger partial charge in [-0.05, 0) is 80.7 Å². The van der Waals surface area contributed by atoms with Gasteiger partial charge in [-0.15, -0.1) is 0 Å². The zero-order valence-corrected chi connectivity index (χ0v) is 21.7. The topological polar surface area (TPSA) is 48.4 Å². The van der Waals surface area contributed by atoms with E-state index >= 15 is 0 Å². The highest BCUT2D eigenvalue weighted by Gasteiger charge is 2.39. The number of benzene rings is 1. The summed E-state index contributed by atoms with van der Waals surface area (Å²) >= 11 is 0. The third-order valence-electron chi connectivity index (χ3n) is 6.29. The van der Waals surface area contributed by atoms with Gasteiger partial charge in [0, 0.05) is 17.3 Å². The number of carbonyl (C=O) groups excluding carboxylic acids is 1. The minimum Gasteiger partial charge on any atom is -0.488 e. The fourth-order valence-electron chi connectivity index (χ4n) is 4.91. The zero-order valence-electron chi connectivity index (χ0n) is 21.7. The quantitative estimate of drug-likeness (QED) is 0.254. The van der Waals surface area contributed by atoms with E-state index in [2.05, 4.69) is 63.6 Å². The van der Waals surface area contributed by atoms with Crippen LogP contribution in [0.4, 0.5) is 0 Å². The zero-order chi connectivity index (χ0) is 24.8. The molecule has 0 aliphatic carbocycles. The van der Waals surface area contributed by atoms with Gasteiger partial charge in [0.2, 0.25) is 0 Å². The van der Waals surface area contributed by atoms with Crippen LogP contribution in [0.2, 0.25) is 0 Å². The maximum atomic E-state index is 11.7. The highest BCUT2D eigenvalue weighted by Crippen LogP contribution is 2.45. The first-order valence-electron chi connectivity index (χ1n) is 12.6. The molecule has 1 aliphatic rings. The Labute approximate surface area is 205 Å². The normalized spacial score (nSPS) is 15.5. The summed E-state index contributed by atoms with van der Waals surface area (Å²) in [6.45, 7) is 13.3. The molecule has 0 unspecified atom stereocenters. The predicted molar refractivity (Wildman–Crippen MR) is 137 cm³/mol. The summed E-state index contributed by atoms with van der Waals surface area (Å²) in [6.07, 6.45) is 8.74. The first kappa shape index (κ1) is 25.8. The molecule has 34 heavy (non-hydrogen) atoms. The van der Waals surface area contributed by atoms with Crippen LogP contribution >= 0.6 is 0 Å². The summed E-state index contributed by atoms with van der Waals surface area (Å²) in [5, 5.41) is 0. The van der Waals surface area contributed by atoms with E-state index in [9.17, 15) is 4.79 Å². The molecule has 0 N–H and O–H groups in total. The van der Waals surface area contributed by atoms with Crippen LogP contribution in [0.5, 0.6) is 5.75 Å². The number of rotatable bonds is 8. The maximum Gasteiger partial charge on any atom is 0.310 e. The van der Waals surface area contributed by atoms with E-state index < -0.39 is 0 Å². The van der Waals surface area contributed by atoms with Crippen LogP contribution in [-0.2, 0) is 27.8 Å². The lowest BCUT2D eigenvalue weighted by molar-refractivity contribution is -0.142. The van der Waals surface area contributed by atoms with Gasteiger partial charge in [0.15, 0.2) is 0 Å². The molecule has 0 amide bonds. The summed E-state index contributed by atoms with van der Waals surface area (Å²) in [5.41, 5.74) is 4.89. The molecule has 0 radical (unpaired) electrons. The molecule has 0 bridgehead atoms. The second-order valence-corrected chi connectivity index (χ2v) is 10.5. The fourth-order valence-corrected chi connectivity index (χ4v) is 4.91. The summed E-state index contributed by atoms with van der Waals surface area (Å²) in [5.74, 6) is 7.40. The number of carbonyl (C=O) groups is 1. The number of esters is 1. The molecule has 4 heteroatoms. The van der Waals surface area contributed by atoms with Crippen molar-refractivity contribution in [2.45, 2.75) is 97.5 Å². The number of hydrogen-bond acceptors (Lipinski definition) is 4. The number of hydrogen-bond donors (Lipinski definition) is 0. The Kier molecular flexibility index (Phi) is 8.42. The van der Waals surface area contributed by atoms with Crippen molar-refractivity contribution >= 4 is 5.97 Å². The van der Waals surface area contributed by atoms with Crippen molar-refractivity contribution in [1.82, 2.24) is 4.98 Å². The lowest BCUT2D eigenvalue weighted by Crippen LogP contribution is -2.41. The Bertz CT molecular complexity index is 1050. The van der Waals surface area contributed by atoms with Crippen LogP contribution in [-0.4, -0.2) is 23.2 Å². The number of ether oxygens (including phenoxy) is 2. The first-order valence-corrected chi connectivity index (χ1v) is 12.6. The summed E-state index contributed by atoms with van der Waals surface area (Å²) in [7, 11) is 0. The van der Waals surface area contributed by atoms with E-state index in [0.29, 0.717) is 12.3 Å². The smallest absolute Gasteiger partial charge is 0.310 e. The minimum absolute atomic E-state index is 0.0151. The number of nitrogens with zero attached hydrogens (tertiary/aromatic N) is 1. The second kappa shape index (κ2) is 11.1. The van der Waals surface area contributed by atoms with Gasteiger partial charge in [0.05, 0.1) is 13.0 Å². The maximum absolute atomic E-state index is 11.7. The van der Waals surface area contributed by atoms with Crippen LogP contribution in [0.1, 0.15) is 102 Å². The molecule has 0 spiro atoms. The fraction of sp³-hybridized carbons (Fsp3) is 0.533. The molecule has 182 valence electrons. The van der Waals surface area contributed by atoms with Gasteiger partial charge in [-0.1, -0.05) is 52.0 Å². The highest BCUT2D eigenvalue weighted by molar-refractivity contribution is 5.72. The molecule has 2 aromatic rings. The van der Waals surface area contributed by atoms with E-state index in [-0.39, 0.29) is 23.4 Å². The van der Waals surface area contributed by atoms with Crippen molar-refractivity contribution in [3.63, 3.8) is 0 Å². The molecule has 2 heterocycles. The van der Waals surface area contributed by atoms with Gasteiger partial charge in [0.1, 0.15) is 17.0 Å². The standard InChI is InChI=1S/C30H39NO3/c1-7-9-10-11-12-23-19-27-26(29(3,4)21-30(5,6)34-27)18-24(23)14-16-25-15-13-22(20-31-25)17-28(32)33-8-2/h13,15,18-20H,7-12,17,21H2,1-6H3. The molecule has 1 aromatic carbocycles. The van der Waals surface area contributed by atoms with Crippen molar-refractivity contribution in [3.05, 3.63) is 58.4 Å². The van der Waals surface area contributed by atoms with Crippen LogP contribution in [0, 0.1) is 11.8 Å². The van der Waals surface area contributed by atoms with Gasteiger partial charge in [-0.2, -0.15) is 0 Å². The van der Waals surface area contributed by atoms with Gasteiger partial charge in [-0.25, -0.2) is 4.98 Å². The molecular formula is C30H39NO3. The minimum atomic E-state index is -0.238. The Balaban J connectivity index is 1.89. The number of fused-ring (bicyclic) bond motifs is 1. The Morgan fingerprint density at radius 1 is 1.09 bits per heavy atom. The number of unbranched alkanes of at least 4 members (excludes halogenated alkanes) is 3. The summed E-state index contributed by atoms with van der Waals surface area (Å²) < 4.78 is 11.4. The summed E-state index contributed by atoms with van der Waals surface area (Å²) in [6, 6.07) is 8.23. The van der Waals surface area contributed by atoms with Crippen LogP contribution < -0.4 is 4.74 Å². The van der Waals surface area contributed by atoms with Crippen LogP contribution in [0.25, 0.3) is 0 Å². The van der Waals surface area contributed by atoms with Crippen molar-refractivity contribution in [2.24, 2.45) is 0 Å². The van der Waals surface area contributed by atoms with E-state index in [1.165, 1.54) is 30.4 Å². The molecule has 3 rings (SSSR count). The monoisotopic (exact) mass is 461 g/mol. The Hall–Kier alpha value is -2.80. The SMILES string of the molecule is CCCCCCc1cc2c(cc1C#Cc1ccc(CC(=O)OCC)cn1)C(C)(C)CC(C)(C)O2. The molecular weight excluding hydrogens is 422 g/mol. The van der Waals surface area contributed by atoms with Crippen molar-refractivity contribution in [1.29, 1.82) is 0 Å². The van der Waals surface area contributed by atoms with Gasteiger partial charge in [0.25, 0.3) is 0 Å². The Morgan fingerprint density at radius 2 is 1.88 bits per heavy atom. The highest BCUT2D eigenvalue weighted by atomic mass is 16.5. The third kappa shape index (κ3) is 6.86. The molecule has 0 atom stereocenters.